The van der Waals surface area contributed by atoms with E-state index in [4.69, 9.17) is 13.0 Å². The van der Waals surface area contributed by atoms with Gasteiger partial charge in [-0.05, 0) is 73.5 Å². The van der Waals surface area contributed by atoms with Crippen molar-refractivity contribution in [2.75, 3.05) is 0 Å². The summed E-state index contributed by atoms with van der Waals surface area (Å²) >= 11 is 0. The van der Waals surface area contributed by atoms with Gasteiger partial charge in [-0.3, -0.25) is 4.55 Å². The van der Waals surface area contributed by atoms with E-state index in [9.17, 15) is 13.2 Å². The minimum Gasteiger partial charge on any atom is -0.279 e. The summed E-state index contributed by atoms with van der Waals surface area (Å²) in [5, 5.41) is 0. The first-order valence-electron chi connectivity index (χ1n) is 9.79. The van der Waals surface area contributed by atoms with Crippen LogP contribution in [0.2, 0.25) is 0 Å². The summed E-state index contributed by atoms with van der Waals surface area (Å²) in [6.45, 7) is 5.14. The third kappa shape index (κ3) is 3.74. The minimum atomic E-state index is -5.84. The van der Waals surface area contributed by atoms with Gasteiger partial charge < -0.3 is 0 Å². The van der Waals surface area contributed by atoms with E-state index in [1.165, 1.54) is 51.4 Å². The van der Waals surface area contributed by atoms with Crippen molar-refractivity contribution >= 4 is 10.1 Å². The van der Waals surface area contributed by atoms with E-state index in [1.807, 2.05) is 5.57 Å². The lowest BCUT2D eigenvalue weighted by Crippen LogP contribution is -2.48. The van der Waals surface area contributed by atoms with Crippen LogP contribution >= 0.6 is 0 Å². The number of fused-ring (bicyclic) bond motifs is 5. The molecule has 0 amide bonds. The van der Waals surface area contributed by atoms with Crippen LogP contribution in [-0.2, 0) is 10.1 Å². The van der Waals surface area contributed by atoms with Crippen molar-refractivity contribution in [2.45, 2.75) is 70.7 Å². The van der Waals surface area contributed by atoms with E-state index in [1.54, 1.807) is 0 Å². The first kappa shape index (κ1) is 20.9. The van der Waals surface area contributed by atoms with Gasteiger partial charge in [-0.2, -0.15) is 21.6 Å². The van der Waals surface area contributed by atoms with Gasteiger partial charge in [-0.1, -0.05) is 44.1 Å². The summed E-state index contributed by atoms with van der Waals surface area (Å²) in [5.74, 6) is 2.91. The average molecular weight is 407 g/mol. The highest BCUT2D eigenvalue weighted by Crippen LogP contribution is 2.63. The van der Waals surface area contributed by atoms with E-state index in [0.29, 0.717) is 10.8 Å². The summed E-state index contributed by atoms with van der Waals surface area (Å²) < 4.78 is 57.5. The third-order valence-electron chi connectivity index (χ3n) is 7.64. The molecule has 0 saturated heterocycles. The van der Waals surface area contributed by atoms with E-state index >= 15 is 0 Å². The molecule has 0 aromatic heterocycles. The van der Waals surface area contributed by atoms with Crippen molar-refractivity contribution in [3.8, 4) is 0 Å². The van der Waals surface area contributed by atoms with Crippen LogP contribution in [0.5, 0.6) is 0 Å². The van der Waals surface area contributed by atoms with E-state index in [2.05, 4.69) is 32.1 Å². The standard InChI is InChI=1S/C19H28.CHF3O3S/c1-18-11-5-7-16(18)15-9-8-14-6-3-4-12-19(14,2)17(15)10-13-18;2-1(3,4)8(5,6)7/h5,8,11,15-17H,3-4,6-7,9-10,12-13H2,1-2H3;(H,5,6,7)/t15-,16-,17-,18-,19-;/m0./s1. The van der Waals surface area contributed by atoms with Gasteiger partial charge in [0.05, 0.1) is 0 Å². The van der Waals surface area contributed by atoms with Crippen molar-refractivity contribution in [1.82, 2.24) is 0 Å². The Labute approximate surface area is 159 Å². The first-order valence-corrected chi connectivity index (χ1v) is 11.2. The van der Waals surface area contributed by atoms with Crippen molar-refractivity contribution in [3.05, 3.63) is 23.8 Å². The fourth-order valence-corrected chi connectivity index (χ4v) is 6.18. The molecule has 5 atom stereocenters. The highest BCUT2D eigenvalue weighted by molar-refractivity contribution is 7.86. The number of rotatable bonds is 0. The Balaban J connectivity index is 0.000000226. The largest absolute Gasteiger partial charge is 0.522 e. The monoisotopic (exact) mass is 406 g/mol. The van der Waals surface area contributed by atoms with Gasteiger partial charge in [0.25, 0.3) is 0 Å². The maximum Gasteiger partial charge on any atom is 0.522 e. The van der Waals surface area contributed by atoms with Gasteiger partial charge in [0.15, 0.2) is 0 Å². The quantitative estimate of drug-likeness (QED) is 0.310. The molecule has 0 bridgehead atoms. The molecular weight excluding hydrogens is 377 g/mol. The normalized spacial score (nSPS) is 40.8. The van der Waals surface area contributed by atoms with Crippen molar-refractivity contribution in [2.24, 2.45) is 28.6 Å². The molecule has 154 valence electrons. The zero-order valence-electron chi connectivity index (χ0n) is 15.9. The Hall–Kier alpha value is -0.820. The van der Waals surface area contributed by atoms with Crippen LogP contribution in [0.3, 0.4) is 0 Å². The molecule has 0 aliphatic heterocycles. The molecule has 1 N–H and O–H groups in total. The maximum absolute atomic E-state index is 10.7. The molecule has 2 fully saturated rings. The lowest BCUT2D eigenvalue weighted by molar-refractivity contribution is -0.0510. The molecule has 0 heterocycles. The zero-order valence-corrected chi connectivity index (χ0v) is 16.7. The van der Waals surface area contributed by atoms with Gasteiger partial charge in [-0.15, -0.1) is 0 Å². The van der Waals surface area contributed by atoms with Crippen LogP contribution in [0, 0.1) is 28.6 Å². The Morgan fingerprint density at radius 3 is 2.41 bits per heavy atom. The summed E-state index contributed by atoms with van der Waals surface area (Å²) in [7, 11) is -5.84. The van der Waals surface area contributed by atoms with Crippen LogP contribution < -0.4 is 0 Å². The van der Waals surface area contributed by atoms with Crippen LogP contribution in [0.15, 0.2) is 23.8 Å². The summed E-state index contributed by atoms with van der Waals surface area (Å²) in [6, 6.07) is 0. The number of allylic oxidation sites excluding steroid dienone is 4. The molecule has 4 rings (SSSR count). The van der Waals surface area contributed by atoms with Crippen molar-refractivity contribution in [3.63, 3.8) is 0 Å². The number of halogens is 3. The molecule has 4 aliphatic rings. The van der Waals surface area contributed by atoms with Crippen LogP contribution in [0.1, 0.15) is 65.2 Å². The lowest BCUT2D eigenvalue weighted by Gasteiger charge is -2.56. The Kier molecular flexibility index (Phi) is 5.34. The highest BCUT2D eigenvalue weighted by Gasteiger charge is 2.53. The smallest absolute Gasteiger partial charge is 0.279 e. The predicted octanol–water partition coefficient (Wildman–Crippen LogP) is 5.90. The molecule has 27 heavy (non-hydrogen) atoms. The minimum absolute atomic E-state index is 0.539. The Bertz CT molecular complexity index is 740. The third-order valence-corrected chi connectivity index (χ3v) is 8.22. The van der Waals surface area contributed by atoms with Gasteiger partial charge in [0.2, 0.25) is 0 Å². The Morgan fingerprint density at radius 2 is 1.78 bits per heavy atom. The molecule has 4 aliphatic carbocycles. The molecule has 3 nitrogen and oxygen atoms in total. The fourth-order valence-electron chi connectivity index (χ4n) is 6.18. The topological polar surface area (TPSA) is 54.4 Å². The van der Waals surface area contributed by atoms with Crippen LogP contribution in [-0.4, -0.2) is 18.5 Å². The van der Waals surface area contributed by atoms with Gasteiger partial charge in [0.1, 0.15) is 0 Å². The SMILES string of the molecule is C[C@@]12C=CC[C@H]1[C@@H]1CC=C3CCCC[C@]3(C)[C@H]1CC2.O=S(=O)(O)C(F)(F)F. The Morgan fingerprint density at radius 1 is 1.11 bits per heavy atom. The number of hydrogen-bond donors (Lipinski definition) is 1. The molecule has 0 aromatic rings. The second-order valence-corrected chi connectivity index (χ2v) is 10.5. The van der Waals surface area contributed by atoms with E-state index in [0.717, 1.165) is 17.8 Å². The molecule has 2 saturated carbocycles. The van der Waals surface area contributed by atoms with E-state index < -0.39 is 15.6 Å². The van der Waals surface area contributed by atoms with Crippen molar-refractivity contribution < 1.29 is 26.1 Å². The zero-order chi connectivity index (χ0) is 20.1. The van der Waals surface area contributed by atoms with Gasteiger partial charge in [-0.25, -0.2) is 0 Å². The number of hydrogen-bond acceptors (Lipinski definition) is 2. The van der Waals surface area contributed by atoms with E-state index in [-0.39, 0.29) is 0 Å². The molecule has 0 aromatic carbocycles. The average Bonchev–Trinajstić information content (AvgIpc) is 2.95. The molecule has 0 spiro atoms. The molecular formula is C20H29F3O3S. The van der Waals surface area contributed by atoms with Gasteiger partial charge >= 0.3 is 15.6 Å². The highest BCUT2D eigenvalue weighted by atomic mass is 32.2. The summed E-state index contributed by atoms with van der Waals surface area (Å²) in [5.41, 5.74) is -2.58. The molecule has 0 unspecified atom stereocenters. The van der Waals surface area contributed by atoms with Crippen molar-refractivity contribution in [1.29, 1.82) is 0 Å². The molecule has 7 heteroatoms. The first-order chi connectivity index (χ1) is 12.4. The fraction of sp³-hybridized carbons (Fsp3) is 0.800. The van der Waals surface area contributed by atoms with Crippen LogP contribution in [0.25, 0.3) is 0 Å². The maximum atomic E-state index is 10.7. The predicted molar refractivity (Wildman–Crippen MR) is 98.4 cm³/mol. The molecule has 0 radical (unpaired) electrons. The second kappa shape index (κ2) is 6.90. The lowest BCUT2D eigenvalue weighted by atomic mass is 9.48. The van der Waals surface area contributed by atoms with Gasteiger partial charge in [0, 0.05) is 0 Å². The number of alkyl halides is 3. The van der Waals surface area contributed by atoms with Crippen LogP contribution in [0.4, 0.5) is 13.2 Å². The summed E-state index contributed by atoms with van der Waals surface area (Å²) in [4.78, 5) is 0. The second-order valence-electron chi connectivity index (χ2n) is 9.07. The summed E-state index contributed by atoms with van der Waals surface area (Å²) in [6.07, 6.45) is 19.2.